The number of phosphoric acid groups is 2. The number of hydrogen-bond acceptors (Lipinski definition) is 15. The standard InChI is InChI=1S/C61H118O17P2/c1-6-10-13-16-19-21-23-25-27-30-36-41-46-60(65)77-56(51-72-59(64)45-40-35-29-26-24-22-20-17-14-11-7-2)52-75-79(67,68)73-48-55(62)49-74-80(69,70)76-53-57(50-71-58(63)44-39-34-28-18-15-12-8-3)78-61(66)47-42-37-32-31-33-38-43-54(5)9-4/h54-57,62H,6-53H2,1-5H3,(H,67,68)(H,69,70)/t54?,55-,56-,57-/m1/s1. The van der Waals surface area contributed by atoms with Gasteiger partial charge in [0.25, 0.3) is 0 Å². The van der Waals surface area contributed by atoms with Gasteiger partial charge in [0.1, 0.15) is 19.3 Å². The number of aliphatic hydroxyl groups is 1. The van der Waals surface area contributed by atoms with E-state index in [1.807, 2.05) is 0 Å². The van der Waals surface area contributed by atoms with Crippen LogP contribution in [-0.2, 0) is 65.4 Å². The highest BCUT2D eigenvalue weighted by atomic mass is 31.2. The topological polar surface area (TPSA) is 237 Å². The van der Waals surface area contributed by atoms with Crippen molar-refractivity contribution in [3.63, 3.8) is 0 Å². The molecule has 0 amide bonds. The minimum Gasteiger partial charge on any atom is -0.462 e. The average Bonchev–Trinajstić information content (AvgIpc) is 3.43. The lowest BCUT2D eigenvalue weighted by Gasteiger charge is -2.21. The van der Waals surface area contributed by atoms with E-state index in [2.05, 4.69) is 34.6 Å². The van der Waals surface area contributed by atoms with Crippen molar-refractivity contribution in [1.29, 1.82) is 0 Å². The van der Waals surface area contributed by atoms with Crippen molar-refractivity contribution >= 4 is 39.5 Å². The Labute approximate surface area is 486 Å². The fourth-order valence-corrected chi connectivity index (χ4v) is 10.6. The Hall–Kier alpha value is -1.94. The van der Waals surface area contributed by atoms with Gasteiger partial charge < -0.3 is 33.8 Å². The van der Waals surface area contributed by atoms with Crippen molar-refractivity contribution in [3.05, 3.63) is 0 Å². The number of hydrogen-bond donors (Lipinski definition) is 3. The molecule has 3 unspecified atom stereocenters. The van der Waals surface area contributed by atoms with Gasteiger partial charge in [0.15, 0.2) is 12.2 Å². The molecule has 0 aromatic rings. The Balaban J connectivity index is 5.22. The SMILES string of the molecule is CCCCCCCCCCCCCCC(=O)O[C@H](COC(=O)CCCCCCCCCCCCC)COP(=O)(O)OC[C@@H](O)COP(=O)(O)OC[C@@H](COC(=O)CCCCCCCCC)OC(=O)CCCCCCCCC(C)CC. The molecule has 6 atom stereocenters. The second kappa shape index (κ2) is 55.0. The molecule has 0 bridgehead atoms. The molecule has 0 fully saturated rings. The van der Waals surface area contributed by atoms with Crippen LogP contribution in [0.5, 0.6) is 0 Å². The minimum absolute atomic E-state index is 0.103. The van der Waals surface area contributed by atoms with Gasteiger partial charge in [-0.3, -0.25) is 37.3 Å². The lowest BCUT2D eigenvalue weighted by molar-refractivity contribution is -0.161. The molecule has 0 aliphatic heterocycles. The third-order valence-electron chi connectivity index (χ3n) is 14.4. The Morgan fingerprint density at radius 2 is 0.600 bits per heavy atom. The number of esters is 4. The average molecular weight is 1190 g/mol. The van der Waals surface area contributed by atoms with Crippen LogP contribution in [0.2, 0.25) is 0 Å². The molecule has 17 nitrogen and oxygen atoms in total. The van der Waals surface area contributed by atoms with Crippen molar-refractivity contribution in [2.75, 3.05) is 39.6 Å². The summed E-state index contributed by atoms with van der Waals surface area (Å²) in [6.45, 7) is 7.08. The van der Waals surface area contributed by atoms with E-state index in [-0.39, 0.29) is 25.7 Å². The summed E-state index contributed by atoms with van der Waals surface area (Å²) in [5.74, 6) is -1.42. The van der Waals surface area contributed by atoms with Crippen molar-refractivity contribution in [1.82, 2.24) is 0 Å². The van der Waals surface area contributed by atoms with Crippen LogP contribution in [-0.4, -0.2) is 96.7 Å². The molecule has 0 heterocycles. The fraction of sp³-hybridized carbons (Fsp3) is 0.934. The van der Waals surface area contributed by atoms with E-state index in [0.717, 1.165) is 109 Å². The van der Waals surface area contributed by atoms with E-state index >= 15 is 0 Å². The molecule has 474 valence electrons. The van der Waals surface area contributed by atoms with Crippen LogP contribution in [0, 0.1) is 5.92 Å². The normalized spacial score (nSPS) is 14.7. The van der Waals surface area contributed by atoms with Gasteiger partial charge in [-0.2, -0.15) is 0 Å². The number of carbonyl (C=O) groups excluding carboxylic acids is 4. The van der Waals surface area contributed by atoms with Crippen molar-refractivity contribution in [2.45, 2.75) is 323 Å². The second-order valence-electron chi connectivity index (χ2n) is 22.3. The molecule has 0 rings (SSSR count). The van der Waals surface area contributed by atoms with Crippen LogP contribution in [0.25, 0.3) is 0 Å². The third kappa shape index (κ3) is 54.0. The van der Waals surface area contributed by atoms with Crippen molar-refractivity contribution < 1.29 is 80.2 Å². The quantitative estimate of drug-likeness (QED) is 0.0222. The van der Waals surface area contributed by atoms with Gasteiger partial charge in [-0.05, 0) is 31.6 Å². The molecule has 0 spiro atoms. The minimum atomic E-state index is -4.94. The predicted molar refractivity (Wildman–Crippen MR) is 317 cm³/mol. The van der Waals surface area contributed by atoms with Crippen LogP contribution in [0.3, 0.4) is 0 Å². The number of aliphatic hydroxyl groups excluding tert-OH is 1. The van der Waals surface area contributed by atoms with E-state index < -0.39 is 97.5 Å². The summed E-state index contributed by atoms with van der Waals surface area (Å²) in [5, 5.41) is 10.5. The van der Waals surface area contributed by atoms with E-state index in [1.54, 1.807) is 0 Å². The van der Waals surface area contributed by atoms with Gasteiger partial charge in [0.05, 0.1) is 26.4 Å². The largest absolute Gasteiger partial charge is 0.472 e. The zero-order valence-electron chi connectivity index (χ0n) is 51.2. The summed E-state index contributed by atoms with van der Waals surface area (Å²) in [6.07, 6.45) is 37.6. The third-order valence-corrected chi connectivity index (χ3v) is 16.3. The number of unbranched alkanes of at least 4 members (excludes halogenated alkanes) is 32. The number of rotatable bonds is 61. The van der Waals surface area contributed by atoms with Gasteiger partial charge in [-0.1, -0.05) is 253 Å². The van der Waals surface area contributed by atoms with Gasteiger partial charge in [-0.25, -0.2) is 9.13 Å². The smallest absolute Gasteiger partial charge is 0.462 e. The Kier molecular flexibility index (Phi) is 53.6. The second-order valence-corrected chi connectivity index (χ2v) is 25.2. The molecule has 0 aliphatic rings. The monoisotopic (exact) mass is 1180 g/mol. The zero-order chi connectivity index (χ0) is 59.2. The fourth-order valence-electron chi connectivity index (χ4n) is 9.02. The van der Waals surface area contributed by atoms with E-state index in [1.165, 1.54) is 116 Å². The first-order chi connectivity index (χ1) is 38.6. The zero-order valence-corrected chi connectivity index (χ0v) is 53.0. The Morgan fingerprint density at radius 3 is 0.887 bits per heavy atom. The summed E-state index contributed by atoms with van der Waals surface area (Å²) in [4.78, 5) is 71.9. The lowest BCUT2D eigenvalue weighted by Crippen LogP contribution is -2.30. The Bertz CT molecular complexity index is 1570. The summed E-state index contributed by atoms with van der Waals surface area (Å²) >= 11 is 0. The molecule has 0 aromatic carbocycles. The molecule has 80 heavy (non-hydrogen) atoms. The van der Waals surface area contributed by atoms with Crippen molar-refractivity contribution in [3.8, 4) is 0 Å². The molecule has 0 radical (unpaired) electrons. The van der Waals surface area contributed by atoms with E-state index in [0.29, 0.717) is 25.7 Å². The highest BCUT2D eigenvalue weighted by Gasteiger charge is 2.30. The van der Waals surface area contributed by atoms with Crippen LogP contribution < -0.4 is 0 Å². The van der Waals surface area contributed by atoms with Gasteiger partial charge in [0.2, 0.25) is 0 Å². The van der Waals surface area contributed by atoms with Gasteiger partial charge in [0, 0.05) is 25.7 Å². The molecule has 0 aliphatic carbocycles. The summed E-state index contributed by atoms with van der Waals surface area (Å²) < 4.78 is 67.8. The van der Waals surface area contributed by atoms with Crippen LogP contribution in [0.4, 0.5) is 0 Å². The van der Waals surface area contributed by atoms with Crippen LogP contribution in [0.15, 0.2) is 0 Å². The van der Waals surface area contributed by atoms with E-state index in [4.69, 9.17) is 37.0 Å². The maximum atomic E-state index is 12.9. The number of ether oxygens (including phenoxy) is 4. The first-order valence-electron chi connectivity index (χ1n) is 32.2. The van der Waals surface area contributed by atoms with Crippen LogP contribution in [0.1, 0.15) is 304 Å². The number of phosphoric ester groups is 2. The lowest BCUT2D eigenvalue weighted by atomic mass is 10.00. The summed E-state index contributed by atoms with van der Waals surface area (Å²) in [5.41, 5.74) is 0. The first kappa shape index (κ1) is 78.1. The van der Waals surface area contributed by atoms with E-state index in [9.17, 15) is 43.2 Å². The highest BCUT2D eigenvalue weighted by Crippen LogP contribution is 2.45. The maximum Gasteiger partial charge on any atom is 0.472 e. The maximum absolute atomic E-state index is 12.9. The molecule has 0 saturated heterocycles. The molecular formula is C61H118O17P2. The van der Waals surface area contributed by atoms with Crippen molar-refractivity contribution in [2.24, 2.45) is 5.92 Å². The summed E-state index contributed by atoms with van der Waals surface area (Å²) in [7, 11) is -9.87. The molecule has 19 heteroatoms. The molecule has 3 N–H and O–H groups in total. The molecule has 0 aromatic heterocycles. The van der Waals surface area contributed by atoms with Crippen LogP contribution >= 0.6 is 15.6 Å². The first-order valence-corrected chi connectivity index (χ1v) is 35.2. The predicted octanol–water partition coefficient (Wildman–Crippen LogP) is 16.6. The van der Waals surface area contributed by atoms with Gasteiger partial charge in [-0.15, -0.1) is 0 Å². The summed E-state index contributed by atoms with van der Waals surface area (Å²) in [6, 6.07) is 0. The van der Waals surface area contributed by atoms with Gasteiger partial charge >= 0.3 is 39.5 Å². The molecule has 0 saturated carbocycles. The highest BCUT2D eigenvalue weighted by molar-refractivity contribution is 7.47. The number of carbonyl (C=O) groups is 4. The molecular weight excluding hydrogens is 1070 g/mol. The Morgan fingerprint density at radius 1 is 0.350 bits per heavy atom.